The summed E-state index contributed by atoms with van der Waals surface area (Å²) in [4.78, 5) is 14.9. The summed E-state index contributed by atoms with van der Waals surface area (Å²) in [5, 5.41) is 12.5. The number of hydrogen-bond acceptors (Lipinski definition) is 6. The minimum Gasteiger partial charge on any atom is -0.477 e. The second kappa shape index (κ2) is 8.00. The fourth-order valence-electron chi connectivity index (χ4n) is 3.72. The molecule has 29 heavy (non-hydrogen) atoms. The Bertz CT molecular complexity index is 986. The van der Waals surface area contributed by atoms with Crippen LogP contribution in [0.2, 0.25) is 0 Å². The van der Waals surface area contributed by atoms with Crippen LogP contribution in [0, 0.1) is 6.92 Å². The average Bonchev–Trinajstić information content (AvgIpc) is 3.32. The lowest BCUT2D eigenvalue weighted by Crippen LogP contribution is -2.32. The molecule has 0 saturated carbocycles. The summed E-state index contributed by atoms with van der Waals surface area (Å²) < 4.78 is 6.93. The summed E-state index contributed by atoms with van der Waals surface area (Å²) in [6.45, 7) is 5.37. The van der Waals surface area contributed by atoms with Crippen LogP contribution in [0.3, 0.4) is 0 Å². The van der Waals surface area contributed by atoms with Crippen molar-refractivity contribution in [2.45, 2.75) is 25.8 Å². The van der Waals surface area contributed by atoms with Crippen molar-refractivity contribution in [1.82, 2.24) is 24.9 Å². The first-order valence-electron chi connectivity index (χ1n) is 9.69. The lowest BCUT2D eigenvalue weighted by molar-refractivity contribution is 0.0788. The van der Waals surface area contributed by atoms with Gasteiger partial charge in [0.25, 0.3) is 5.91 Å². The van der Waals surface area contributed by atoms with Crippen molar-refractivity contribution < 1.29 is 9.53 Å². The van der Waals surface area contributed by atoms with E-state index in [2.05, 4.69) is 27.4 Å². The van der Waals surface area contributed by atoms with E-state index in [4.69, 9.17) is 10.5 Å². The van der Waals surface area contributed by atoms with Crippen molar-refractivity contribution in [3.63, 3.8) is 0 Å². The molecule has 2 atom stereocenters. The molecular weight excluding hydrogens is 368 g/mol. The van der Waals surface area contributed by atoms with Crippen molar-refractivity contribution in [1.29, 1.82) is 0 Å². The average molecular weight is 392 g/mol. The summed E-state index contributed by atoms with van der Waals surface area (Å²) in [7, 11) is 0. The van der Waals surface area contributed by atoms with Crippen LogP contribution in [0.4, 0.5) is 0 Å². The minimum atomic E-state index is -0.0892. The second-order valence-corrected chi connectivity index (χ2v) is 7.11. The van der Waals surface area contributed by atoms with Crippen LogP contribution in [-0.4, -0.2) is 56.5 Å². The van der Waals surface area contributed by atoms with E-state index in [0.29, 0.717) is 42.7 Å². The van der Waals surface area contributed by atoms with Crippen LogP contribution < -0.4 is 10.5 Å². The van der Waals surface area contributed by atoms with Crippen molar-refractivity contribution in [2.75, 3.05) is 19.7 Å². The molecule has 2 N–H and O–H groups in total. The molecule has 1 aliphatic heterocycles. The molecule has 150 valence electrons. The van der Waals surface area contributed by atoms with Gasteiger partial charge in [-0.25, -0.2) is 4.68 Å². The number of nitrogens with zero attached hydrogens (tertiary/aromatic N) is 5. The van der Waals surface area contributed by atoms with Crippen molar-refractivity contribution in [3.05, 3.63) is 65.5 Å². The number of benzene rings is 1. The van der Waals surface area contributed by atoms with E-state index in [1.165, 1.54) is 0 Å². The zero-order valence-electron chi connectivity index (χ0n) is 16.5. The molecule has 1 aliphatic rings. The number of carbonyl (C=O) groups excluding carboxylic acids is 1. The van der Waals surface area contributed by atoms with Gasteiger partial charge in [-0.2, -0.15) is 5.10 Å². The van der Waals surface area contributed by atoms with Crippen molar-refractivity contribution >= 4 is 5.91 Å². The SMILES string of the molecule is CCOc1ccc(-n2ncc(C(=O)N3C[C@@H](N)[C@H](c4ccccc4)C3)c2C)nn1. The Morgan fingerprint density at radius 2 is 1.97 bits per heavy atom. The minimum absolute atomic E-state index is 0.0680. The topological polar surface area (TPSA) is 99.2 Å². The van der Waals surface area contributed by atoms with E-state index >= 15 is 0 Å². The van der Waals surface area contributed by atoms with Crippen LogP contribution in [0.15, 0.2) is 48.7 Å². The first kappa shape index (κ1) is 19.1. The van der Waals surface area contributed by atoms with Crippen molar-refractivity contribution in [3.8, 4) is 11.7 Å². The van der Waals surface area contributed by atoms with E-state index in [1.54, 1.807) is 27.9 Å². The molecule has 2 aromatic heterocycles. The molecular formula is C21H24N6O2. The van der Waals surface area contributed by atoms with Gasteiger partial charge in [0.1, 0.15) is 0 Å². The number of rotatable bonds is 5. The Labute approximate surface area is 169 Å². The Morgan fingerprint density at radius 1 is 1.17 bits per heavy atom. The normalized spacial score (nSPS) is 18.8. The third kappa shape index (κ3) is 3.71. The molecule has 0 aliphatic carbocycles. The molecule has 0 radical (unpaired) electrons. The smallest absolute Gasteiger partial charge is 0.257 e. The number of aromatic nitrogens is 4. The number of amides is 1. The number of carbonyl (C=O) groups is 1. The van der Waals surface area contributed by atoms with E-state index in [9.17, 15) is 4.79 Å². The Morgan fingerprint density at radius 3 is 2.66 bits per heavy atom. The number of hydrogen-bond donors (Lipinski definition) is 1. The molecule has 1 amide bonds. The van der Waals surface area contributed by atoms with E-state index in [1.807, 2.05) is 32.0 Å². The van der Waals surface area contributed by atoms with Gasteiger partial charge < -0.3 is 15.4 Å². The highest BCUT2D eigenvalue weighted by Gasteiger charge is 2.35. The molecule has 0 bridgehead atoms. The van der Waals surface area contributed by atoms with E-state index < -0.39 is 0 Å². The highest BCUT2D eigenvalue weighted by Crippen LogP contribution is 2.28. The first-order chi connectivity index (χ1) is 14.1. The predicted octanol–water partition coefficient (Wildman–Crippen LogP) is 1.94. The fourth-order valence-corrected chi connectivity index (χ4v) is 3.72. The third-order valence-electron chi connectivity index (χ3n) is 5.26. The monoisotopic (exact) mass is 392 g/mol. The van der Waals surface area contributed by atoms with Gasteiger partial charge in [0.15, 0.2) is 5.82 Å². The number of likely N-dealkylation sites (tertiary alicyclic amines) is 1. The molecule has 8 heteroatoms. The van der Waals surface area contributed by atoms with Crippen LogP contribution in [-0.2, 0) is 0 Å². The standard InChI is InChI=1S/C21H24N6O2/c1-3-29-20-10-9-19(24-25-20)27-14(2)16(11-23-27)21(28)26-12-17(18(22)13-26)15-7-5-4-6-8-15/h4-11,17-18H,3,12-13,22H2,1-2H3/t17-,18+/m0/s1. The Kier molecular flexibility index (Phi) is 5.26. The highest BCUT2D eigenvalue weighted by molar-refractivity contribution is 5.95. The molecule has 8 nitrogen and oxygen atoms in total. The lowest BCUT2D eigenvalue weighted by Gasteiger charge is -2.16. The molecule has 1 saturated heterocycles. The molecule has 4 rings (SSSR count). The molecule has 3 aromatic rings. The van der Waals surface area contributed by atoms with E-state index in [0.717, 1.165) is 5.56 Å². The largest absolute Gasteiger partial charge is 0.477 e. The van der Waals surface area contributed by atoms with Gasteiger partial charge in [-0.1, -0.05) is 30.3 Å². The fraction of sp³-hybridized carbons (Fsp3) is 0.333. The van der Waals surface area contributed by atoms with Gasteiger partial charge in [-0.3, -0.25) is 4.79 Å². The maximum absolute atomic E-state index is 13.1. The quantitative estimate of drug-likeness (QED) is 0.712. The second-order valence-electron chi connectivity index (χ2n) is 7.11. The van der Waals surface area contributed by atoms with Crippen molar-refractivity contribution in [2.24, 2.45) is 5.73 Å². The van der Waals surface area contributed by atoms with Gasteiger partial charge >= 0.3 is 0 Å². The van der Waals surface area contributed by atoms with Gasteiger partial charge in [0.05, 0.1) is 24.1 Å². The van der Waals surface area contributed by atoms with E-state index in [-0.39, 0.29) is 17.9 Å². The number of nitrogens with two attached hydrogens (primary N) is 1. The molecule has 0 spiro atoms. The summed E-state index contributed by atoms with van der Waals surface area (Å²) >= 11 is 0. The molecule has 0 unspecified atom stereocenters. The zero-order valence-corrected chi connectivity index (χ0v) is 16.5. The molecule has 3 heterocycles. The van der Waals surface area contributed by atoms with Gasteiger partial charge in [0.2, 0.25) is 5.88 Å². The van der Waals surface area contributed by atoms with Gasteiger partial charge in [-0.05, 0) is 25.5 Å². The summed E-state index contributed by atoms with van der Waals surface area (Å²) in [6, 6.07) is 13.5. The van der Waals surface area contributed by atoms with Crippen LogP contribution >= 0.6 is 0 Å². The summed E-state index contributed by atoms with van der Waals surface area (Å²) in [6.07, 6.45) is 1.58. The first-order valence-corrected chi connectivity index (χ1v) is 9.69. The predicted molar refractivity (Wildman–Crippen MR) is 108 cm³/mol. The Balaban J connectivity index is 1.53. The van der Waals surface area contributed by atoms with Gasteiger partial charge in [0, 0.05) is 31.1 Å². The van der Waals surface area contributed by atoms with Gasteiger partial charge in [-0.15, -0.1) is 10.2 Å². The maximum Gasteiger partial charge on any atom is 0.257 e. The number of ether oxygens (including phenoxy) is 1. The maximum atomic E-state index is 13.1. The third-order valence-corrected chi connectivity index (χ3v) is 5.26. The molecule has 1 fully saturated rings. The summed E-state index contributed by atoms with van der Waals surface area (Å²) in [5.41, 5.74) is 8.76. The van der Waals surface area contributed by atoms with Crippen LogP contribution in [0.1, 0.15) is 34.5 Å². The zero-order chi connectivity index (χ0) is 20.4. The molecule has 1 aromatic carbocycles. The van der Waals surface area contributed by atoms with Crippen LogP contribution in [0.25, 0.3) is 5.82 Å². The van der Waals surface area contributed by atoms with Crippen LogP contribution in [0.5, 0.6) is 5.88 Å². The highest BCUT2D eigenvalue weighted by atomic mass is 16.5. The summed E-state index contributed by atoms with van der Waals surface area (Å²) in [5.74, 6) is 1.05. The lowest BCUT2D eigenvalue weighted by atomic mass is 9.95. The Hall–Kier alpha value is -3.26.